The van der Waals surface area contributed by atoms with Crippen molar-refractivity contribution in [3.05, 3.63) is 108 Å². The average Bonchev–Trinajstić information content (AvgIpc) is 2.87. The molecule has 3 heteroatoms. The van der Waals surface area contributed by atoms with Crippen molar-refractivity contribution in [3.8, 4) is 33.8 Å². The highest BCUT2D eigenvalue weighted by molar-refractivity contribution is 5.89. The van der Waals surface area contributed by atoms with Gasteiger partial charge in [0.05, 0.1) is 0 Å². The molecule has 0 atom stereocenters. The second-order valence-corrected chi connectivity index (χ2v) is 8.26. The highest BCUT2D eigenvalue weighted by Crippen LogP contribution is 2.39. The van der Waals surface area contributed by atoms with Crippen LogP contribution in [0.1, 0.15) is 37.8 Å². The zero-order valence-electron chi connectivity index (χ0n) is 19.8. The van der Waals surface area contributed by atoms with Crippen LogP contribution in [0.5, 0.6) is 11.5 Å². The minimum absolute atomic E-state index is 0.472. The second-order valence-electron chi connectivity index (χ2n) is 8.26. The fraction of sp³-hybridized carbons (Fsp3) is 0.194. The van der Waals surface area contributed by atoms with Crippen LogP contribution in [0.15, 0.2) is 97.1 Å². The normalized spacial score (nSPS) is 10.6. The van der Waals surface area contributed by atoms with Gasteiger partial charge >= 0.3 is 6.16 Å². The molecule has 0 radical (unpaired) electrons. The Balaban J connectivity index is 1.69. The van der Waals surface area contributed by atoms with Gasteiger partial charge in [0, 0.05) is 5.56 Å². The third kappa shape index (κ3) is 5.37. The molecular weight excluding hydrogens is 420 g/mol. The van der Waals surface area contributed by atoms with E-state index in [9.17, 15) is 4.79 Å². The molecule has 34 heavy (non-hydrogen) atoms. The van der Waals surface area contributed by atoms with Crippen molar-refractivity contribution in [2.24, 2.45) is 0 Å². The Morgan fingerprint density at radius 1 is 0.618 bits per heavy atom. The lowest BCUT2D eigenvalue weighted by Crippen LogP contribution is -2.16. The number of hydrogen-bond acceptors (Lipinski definition) is 3. The van der Waals surface area contributed by atoms with Crippen molar-refractivity contribution in [2.75, 3.05) is 0 Å². The molecule has 0 fully saturated rings. The standard InChI is InChI=1S/C31H30O3/c1-3-13-23-19-11-21-28(26(23)14-4-2)33-31(32)34-29-22-12-20-27(24-15-7-5-8-16-24)30(29)25-17-9-6-10-18-25/h5-12,15-22H,3-4,13-14H2,1-2H3. The fourth-order valence-corrected chi connectivity index (χ4v) is 4.32. The molecule has 0 aliphatic carbocycles. The summed E-state index contributed by atoms with van der Waals surface area (Å²) in [7, 11) is 0. The molecule has 0 aliphatic rings. The summed E-state index contributed by atoms with van der Waals surface area (Å²) < 4.78 is 11.6. The number of ether oxygens (including phenoxy) is 2. The lowest BCUT2D eigenvalue weighted by molar-refractivity contribution is 0.151. The van der Waals surface area contributed by atoms with Gasteiger partial charge in [-0.05, 0) is 52.8 Å². The van der Waals surface area contributed by atoms with E-state index in [0.29, 0.717) is 11.5 Å². The van der Waals surface area contributed by atoms with Gasteiger partial charge in [-0.25, -0.2) is 4.79 Å². The molecule has 0 N–H and O–H groups in total. The van der Waals surface area contributed by atoms with Gasteiger partial charge in [0.1, 0.15) is 11.5 Å². The summed E-state index contributed by atoms with van der Waals surface area (Å²) in [5.74, 6) is 1.05. The molecule has 4 aromatic carbocycles. The maximum Gasteiger partial charge on any atom is 0.519 e. The first-order valence-corrected chi connectivity index (χ1v) is 12.0. The molecule has 0 bridgehead atoms. The summed E-state index contributed by atoms with van der Waals surface area (Å²) in [6, 6.07) is 31.8. The first-order valence-electron chi connectivity index (χ1n) is 12.0. The fourth-order valence-electron chi connectivity index (χ4n) is 4.32. The summed E-state index contributed by atoms with van der Waals surface area (Å²) in [6.45, 7) is 4.29. The maximum absolute atomic E-state index is 13.0. The van der Waals surface area contributed by atoms with Crippen molar-refractivity contribution >= 4 is 6.16 Å². The number of aryl methyl sites for hydroxylation is 1. The van der Waals surface area contributed by atoms with Crippen molar-refractivity contribution in [2.45, 2.75) is 39.5 Å². The van der Waals surface area contributed by atoms with Crippen LogP contribution in [0.2, 0.25) is 0 Å². The van der Waals surface area contributed by atoms with Crippen LogP contribution in [0.25, 0.3) is 22.3 Å². The van der Waals surface area contributed by atoms with Crippen LogP contribution in [-0.4, -0.2) is 6.16 Å². The Bertz CT molecular complexity index is 1230. The summed E-state index contributed by atoms with van der Waals surface area (Å²) in [4.78, 5) is 13.0. The van der Waals surface area contributed by atoms with Gasteiger partial charge in [0.2, 0.25) is 0 Å². The molecule has 172 valence electrons. The van der Waals surface area contributed by atoms with Crippen LogP contribution in [0, 0.1) is 0 Å². The highest BCUT2D eigenvalue weighted by atomic mass is 16.7. The van der Waals surface area contributed by atoms with Crippen LogP contribution in [0.3, 0.4) is 0 Å². The molecular formula is C31H30O3. The van der Waals surface area contributed by atoms with E-state index in [2.05, 4.69) is 32.0 Å². The Morgan fingerprint density at radius 3 is 1.88 bits per heavy atom. The average molecular weight is 451 g/mol. The predicted molar refractivity (Wildman–Crippen MR) is 138 cm³/mol. The van der Waals surface area contributed by atoms with Crippen LogP contribution >= 0.6 is 0 Å². The van der Waals surface area contributed by atoms with Gasteiger partial charge in [-0.1, -0.05) is 112 Å². The zero-order chi connectivity index (χ0) is 23.8. The first-order chi connectivity index (χ1) is 16.7. The number of hydrogen-bond donors (Lipinski definition) is 0. The predicted octanol–water partition coefficient (Wildman–Crippen LogP) is 8.50. The van der Waals surface area contributed by atoms with E-state index in [4.69, 9.17) is 9.47 Å². The molecule has 0 unspecified atom stereocenters. The molecule has 0 aromatic heterocycles. The van der Waals surface area contributed by atoms with E-state index in [-0.39, 0.29) is 0 Å². The van der Waals surface area contributed by atoms with Gasteiger partial charge in [-0.3, -0.25) is 0 Å². The minimum atomic E-state index is -0.728. The van der Waals surface area contributed by atoms with Crippen molar-refractivity contribution in [1.29, 1.82) is 0 Å². The van der Waals surface area contributed by atoms with Crippen LogP contribution in [0.4, 0.5) is 4.79 Å². The quantitative estimate of drug-likeness (QED) is 0.199. The van der Waals surface area contributed by atoms with Gasteiger partial charge < -0.3 is 9.47 Å². The number of carbonyl (C=O) groups is 1. The highest BCUT2D eigenvalue weighted by Gasteiger charge is 2.19. The molecule has 3 nitrogen and oxygen atoms in total. The van der Waals surface area contributed by atoms with Gasteiger partial charge in [0.25, 0.3) is 0 Å². The first kappa shape index (κ1) is 23.3. The smallest absolute Gasteiger partial charge is 0.394 e. The molecule has 0 amide bonds. The number of benzene rings is 4. The van der Waals surface area contributed by atoms with E-state index < -0.39 is 6.16 Å². The Morgan fingerprint density at radius 2 is 1.21 bits per heavy atom. The van der Waals surface area contributed by atoms with Crippen molar-refractivity contribution in [1.82, 2.24) is 0 Å². The summed E-state index contributed by atoms with van der Waals surface area (Å²) >= 11 is 0. The van der Waals surface area contributed by atoms with Crippen molar-refractivity contribution < 1.29 is 14.3 Å². The number of rotatable bonds is 8. The van der Waals surface area contributed by atoms with E-state index in [0.717, 1.165) is 53.5 Å². The van der Waals surface area contributed by atoms with E-state index in [1.807, 2.05) is 78.9 Å². The molecule has 0 saturated carbocycles. The van der Waals surface area contributed by atoms with Crippen LogP contribution < -0.4 is 9.47 Å². The number of carbonyl (C=O) groups excluding carboxylic acids is 1. The lowest BCUT2D eigenvalue weighted by Gasteiger charge is -2.17. The Kier molecular flexibility index (Phi) is 7.77. The molecule has 0 saturated heterocycles. The van der Waals surface area contributed by atoms with Crippen LogP contribution in [-0.2, 0) is 12.8 Å². The van der Waals surface area contributed by atoms with Gasteiger partial charge in [-0.15, -0.1) is 0 Å². The topological polar surface area (TPSA) is 35.5 Å². The molecule has 0 spiro atoms. The van der Waals surface area contributed by atoms with Gasteiger partial charge in [0.15, 0.2) is 0 Å². The molecule has 4 aromatic rings. The summed E-state index contributed by atoms with van der Waals surface area (Å²) in [5.41, 5.74) is 6.20. The second kappa shape index (κ2) is 11.3. The van der Waals surface area contributed by atoms with E-state index in [1.54, 1.807) is 0 Å². The molecule has 4 rings (SSSR count). The SMILES string of the molecule is CCCc1cccc(OC(=O)Oc2cccc(-c3ccccc3)c2-c2ccccc2)c1CCC. The maximum atomic E-state index is 13.0. The van der Waals surface area contributed by atoms with Crippen molar-refractivity contribution in [3.63, 3.8) is 0 Å². The Labute approximate surface area is 202 Å². The monoisotopic (exact) mass is 450 g/mol. The van der Waals surface area contributed by atoms with E-state index >= 15 is 0 Å². The lowest BCUT2D eigenvalue weighted by atomic mass is 9.94. The third-order valence-corrected chi connectivity index (χ3v) is 5.81. The summed E-state index contributed by atoms with van der Waals surface area (Å²) in [5, 5.41) is 0. The Hall–Kier alpha value is -3.85. The largest absolute Gasteiger partial charge is 0.519 e. The molecule has 0 aliphatic heterocycles. The molecule has 0 heterocycles. The summed E-state index contributed by atoms with van der Waals surface area (Å²) in [6.07, 6.45) is 3.10. The minimum Gasteiger partial charge on any atom is -0.394 e. The third-order valence-electron chi connectivity index (χ3n) is 5.81. The zero-order valence-corrected chi connectivity index (χ0v) is 19.8. The van der Waals surface area contributed by atoms with Gasteiger partial charge in [-0.2, -0.15) is 0 Å². The van der Waals surface area contributed by atoms with E-state index in [1.165, 1.54) is 5.56 Å².